The standard InChI is InChI=1S/C14H24N2O2S3/c1-3-15-10-9-11-7-8-14(20-11)21(17,18)16-12-5-4-6-13(12)19-2/h7-8,12-13,15-16H,3-6,9-10H2,1-2H3. The van der Waals surface area contributed by atoms with E-state index in [0.29, 0.717) is 9.46 Å². The summed E-state index contributed by atoms with van der Waals surface area (Å²) in [5.41, 5.74) is 0. The average molecular weight is 349 g/mol. The van der Waals surface area contributed by atoms with E-state index in [-0.39, 0.29) is 6.04 Å². The lowest BCUT2D eigenvalue weighted by Crippen LogP contribution is -2.38. The van der Waals surface area contributed by atoms with Crippen LogP contribution >= 0.6 is 23.1 Å². The Labute approximate surface area is 136 Å². The second-order valence-electron chi connectivity index (χ2n) is 5.26. The van der Waals surface area contributed by atoms with Gasteiger partial charge in [-0.2, -0.15) is 11.8 Å². The lowest BCUT2D eigenvalue weighted by Gasteiger charge is -2.18. The summed E-state index contributed by atoms with van der Waals surface area (Å²) in [6, 6.07) is 3.74. The predicted molar refractivity (Wildman–Crippen MR) is 91.8 cm³/mol. The van der Waals surface area contributed by atoms with Crippen LogP contribution in [-0.2, 0) is 16.4 Å². The van der Waals surface area contributed by atoms with E-state index in [9.17, 15) is 8.42 Å². The molecule has 0 aliphatic heterocycles. The van der Waals surface area contributed by atoms with Gasteiger partial charge in [0.15, 0.2) is 0 Å². The van der Waals surface area contributed by atoms with Crippen LogP contribution in [0.1, 0.15) is 31.1 Å². The van der Waals surface area contributed by atoms with E-state index >= 15 is 0 Å². The summed E-state index contributed by atoms with van der Waals surface area (Å²) in [5, 5.41) is 3.67. The number of hydrogen-bond donors (Lipinski definition) is 2. The first kappa shape index (κ1) is 17.3. The maximum Gasteiger partial charge on any atom is 0.250 e. The molecule has 0 saturated heterocycles. The molecule has 0 aromatic carbocycles. The van der Waals surface area contributed by atoms with Crippen molar-refractivity contribution in [1.82, 2.24) is 10.0 Å². The zero-order valence-corrected chi connectivity index (χ0v) is 15.0. The van der Waals surface area contributed by atoms with Gasteiger partial charge in [-0.3, -0.25) is 0 Å². The summed E-state index contributed by atoms with van der Waals surface area (Å²) in [6.07, 6.45) is 6.10. The summed E-state index contributed by atoms with van der Waals surface area (Å²) in [4.78, 5) is 1.11. The van der Waals surface area contributed by atoms with E-state index in [1.54, 1.807) is 17.8 Å². The molecule has 2 rings (SSSR count). The normalized spacial score (nSPS) is 22.8. The Morgan fingerprint density at radius 1 is 1.38 bits per heavy atom. The zero-order chi connectivity index (χ0) is 15.3. The van der Waals surface area contributed by atoms with Gasteiger partial charge in [0.25, 0.3) is 0 Å². The second-order valence-corrected chi connectivity index (χ2v) is 9.44. The van der Waals surface area contributed by atoms with Gasteiger partial charge in [0.05, 0.1) is 0 Å². The van der Waals surface area contributed by atoms with Gasteiger partial charge in [0.2, 0.25) is 10.0 Å². The Bertz CT molecular complexity index is 542. The number of likely N-dealkylation sites (N-methyl/N-ethyl adjacent to an activating group) is 1. The van der Waals surface area contributed by atoms with Crippen molar-refractivity contribution >= 4 is 33.1 Å². The number of thiophene rings is 1. The fraction of sp³-hybridized carbons (Fsp3) is 0.714. The second kappa shape index (κ2) is 7.97. The molecule has 2 atom stereocenters. The quantitative estimate of drug-likeness (QED) is 0.709. The Balaban J connectivity index is 1.99. The molecule has 1 aromatic heterocycles. The zero-order valence-electron chi connectivity index (χ0n) is 12.6. The molecule has 1 fully saturated rings. The van der Waals surface area contributed by atoms with E-state index in [1.807, 2.05) is 6.07 Å². The minimum atomic E-state index is -3.36. The van der Waals surface area contributed by atoms with Crippen molar-refractivity contribution in [2.45, 2.75) is 48.1 Å². The highest BCUT2D eigenvalue weighted by atomic mass is 32.2. The van der Waals surface area contributed by atoms with E-state index in [2.05, 4.69) is 23.2 Å². The molecule has 1 aliphatic carbocycles. The van der Waals surface area contributed by atoms with Gasteiger partial charge in [-0.15, -0.1) is 11.3 Å². The Hall–Kier alpha value is -0.0800. The summed E-state index contributed by atoms with van der Waals surface area (Å²) in [6.45, 7) is 3.90. The summed E-state index contributed by atoms with van der Waals surface area (Å²) in [5.74, 6) is 0. The van der Waals surface area contributed by atoms with Crippen molar-refractivity contribution in [3.05, 3.63) is 17.0 Å². The molecule has 1 heterocycles. The fourth-order valence-electron chi connectivity index (χ4n) is 2.63. The van der Waals surface area contributed by atoms with Gasteiger partial charge in [-0.1, -0.05) is 13.3 Å². The average Bonchev–Trinajstić information content (AvgIpc) is 3.08. The minimum absolute atomic E-state index is 0.0808. The molecule has 1 saturated carbocycles. The Kier molecular flexibility index (Phi) is 6.55. The first-order valence-corrected chi connectivity index (χ1v) is 11.0. The first-order valence-electron chi connectivity index (χ1n) is 7.41. The summed E-state index contributed by atoms with van der Waals surface area (Å²) in [7, 11) is -3.36. The van der Waals surface area contributed by atoms with E-state index in [4.69, 9.17) is 0 Å². The lowest BCUT2D eigenvalue weighted by atomic mass is 10.3. The van der Waals surface area contributed by atoms with Crippen molar-refractivity contribution in [1.29, 1.82) is 0 Å². The highest BCUT2D eigenvalue weighted by molar-refractivity contribution is 7.99. The first-order chi connectivity index (χ1) is 10.1. The molecule has 1 aromatic rings. The molecule has 2 N–H and O–H groups in total. The molecular weight excluding hydrogens is 324 g/mol. The molecule has 0 radical (unpaired) electrons. The van der Waals surface area contributed by atoms with E-state index in [0.717, 1.165) is 43.6 Å². The molecule has 0 amide bonds. The third-order valence-electron chi connectivity index (χ3n) is 3.76. The van der Waals surface area contributed by atoms with Crippen LogP contribution in [0.15, 0.2) is 16.3 Å². The minimum Gasteiger partial charge on any atom is -0.317 e. The van der Waals surface area contributed by atoms with Crippen molar-refractivity contribution < 1.29 is 8.42 Å². The largest absolute Gasteiger partial charge is 0.317 e. The molecule has 7 heteroatoms. The molecule has 4 nitrogen and oxygen atoms in total. The van der Waals surface area contributed by atoms with Gasteiger partial charge < -0.3 is 5.32 Å². The molecule has 21 heavy (non-hydrogen) atoms. The number of nitrogens with one attached hydrogen (secondary N) is 2. The van der Waals surface area contributed by atoms with Crippen LogP contribution in [0, 0.1) is 0 Å². The highest BCUT2D eigenvalue weighted by Crippen LogP contribution is 2.30. The van der Waals surface area contributed by atoms with Crippen LogP contribution < -0.4 is 10.0 Å². The Morgan fingerprint density at radius 3 is 2.90 bits per heavy atom. The van der Waals surface area contributed by atoms with Gasteiger partial charge in [0.1, 0.15) is 4.21 Å². The maximum atomic E-state index is 12.5. The maximum absolute atomic E-state index is 12.5. The molecule has 2 unspecified atom stereocenters. The molecule has 1 aliphatic rings. The number of hydrogen-bond acceptors (Lipinski definition) is 5. The van der Waals surface area contributed by atoms with E-state index in [1.165, 1.54) is 11.3 Å². The van der Waals surface area contributed by atoms with Crippen molar-refractivity contribution in [2.75, 3.05) is 19.3 Å². The summed E-state index contributed by atoms with van der Waals surface area (Å²) < 4.78 is 28.3. The van der Waals surface area contributed by atoms with Crippen molar-refractivity contribution in [2.24, 2.45) is 0 Å². The van der Waals surface area contributed by atoms with Crippen LogP contribution in [0.2, 0.25) is 0 Å². The van der Waals surface area contributed by atoms with Crippen molar-refractivity contribution in [3.63, 3.8) is 0 Å². The third-order valence-corrected chi connectivity index (χ3v) is 8.06. The third kappa shape index (κ3) is 4.69. The van der Waals surface area contributed by atoms with Crippen LogP contribution in [-0.4, -0.2) is 39.1 Å². The van der Waals surface area contributed by atoms with Crippen LogP contribution in [0.3, 0.4) is 0 Å². The molecule has 120 valence electrons. The van der Waals surface area contributed by atoms with Gasteiger partial charge >= 0.3 is 0 Å². The van der Waals surface area contributed by atoms with Gasteiger partial charge in [-0.25, -0.2) is 13.1 Å². The fourth-order valence-corrected chi connectivity index (χ4v) is 6.33. The van der Waals surface area contributed by atoms with Gasteiger partial charge in [0, 0.05) is 16.2 Å². The lowest BCUT2D eigenvalue weighted by molar-refractivity contribution is 0.557. The van der Waals surface area contributed by atoms with E-state index < -0.39 is 10.0 Å². The highest BCUT2D eigenvalue weighted by Gasteiger charge is 2.31. The van der Waals surface area contributed by atoms with Crippen LogP contribution in [0.4, 0.5) is 0 Å². The smallest absolute Gasteiger partial charge is 0.250 e. The molecule has 0 bridgehead atoms. The topological polar surface area (TPSA) is 58.2 Å². The molecule has 0 spiro atoms. The number of thioether (sulfide) groups is 1. The summed E-state index contributed by atoms with van der Waals surface area (Å²) >= 11 is 3.15. The number of rotatable bonds is 8. The SMILES string of the molecule is CCNCCc1ccc(S(=O)(=O)NC2CCCC2SC)s1. The molecular formula is C14H24N2O2S3. The van der Waals surface area contributed by atoms with Crippen molar-refractivity contribution in [3.8, 4) is 0 Å². The van der Waals surface area contributed by atoms with Crippen LogP contribution in [0.25, 0.3) is 0 Å². The monoisotopic (exact) mass is 348 g/mol. The van der Waals surface area contributed by atoms with Gasteiger partial charge in [-0.05, 0) is 50.7 Å². The Morgan fingerprint density at radius 2 is 2.19 bits per heavy atom. The van der Waals surface area contributed by atoms with Crippen LogP contribution in [0.5, 0.6) is 0 Å². The predicted octanol–water partition coefficient (Wildman–Crippen LogP) is 2.46. The number of sulfonamides is 1.